The molecular weight excluding hydrogens is 156 g/mol. The molecule has 0 saturated heterocycles. The van der Waals surface area contributed by atoms with Crippen LogP contribution in [0.25, 0.3) is 0 Å². The normalized spacial score (nSPS) is 44.8. The minimum atomic E-state index is -0.222. The van der Waals surface area contributed by atoms with Crippen LogP contribution in [0, 0.1) is 11.8 Å². The van der Waals surface area contributed by atoms with Gasteiger partial charge < -0.3 is 9.84 Å². The maximum absolute atomic E-state index is 10.7. The van der Waals surface area contributed by atoms with E-state index < -0.39 is 0 Å². The summed E-state index contributed by atoms with van der Waals surface area (Å²) in [5, 5.41) is 9.62. The van der Waals surface area contributed by atoms with Crippen LogP contribution in [0.3, 0.4) is 0 Å². The fourth-order valence-electron chi connectivity index (χ4n) is 2.58. The van der Waals surface area contributed by atoms with E-state index in [0.29, 0.717) is 5.92 Å². The Hall–Kier alpha value is -0.570. The minimum Gasteiger partial charge on any atom is -0.462 e. The van der Waals surface area contributed by atoms with Crippen LogP contribution in [0.15, 0.2) is 0 Å². The Morgan fingerprint density at radius 2 is 2.25 bits per heavy atom. The molecule has 0 aliphatic heterocycles. The van der Waals surface area contributed by atoms with Gasteiger partial charge in [0.25, 0.3) is 0 Å². The molecule has 12 heavy (non-hydrogen) atoms. The molecule has 3 heteroatoms. The summed E-state index contributed by atoms with van der Waals surface area (Å²) in [5.74, 6) is 0.387. The Morgan fingerprint density at radius 3 is 2.67 bits per heavy atom. The first-order valence-electron chi connectivity index (χ1n) is 4.54. The van der Waals surface area contributed by atoms with Crippen LogP contribution in [0.2, 0.25) is 0 Å². The summed E-state index contributed by atoms with van der Waals surface area (Å²) in [6, 6.07) is 0. The number of hydrogen-bond acceptors (Lipinski definition) is 3. The molecule has 68 valence electrons. The summed E-state index contributed by atoms with van der Waals surface area (Å²) < 4.78 is 5.12. The van der Waals surface area contributed by atoms with E-state index in [1.165, 1.54) is 6.92 Å². The lowest BCUT2D eigenvalue weighted by Crippen LogP contribution is -2.25. The Bertz CT molecular complexity index is 202. The zero-order chi connectivity index (χ0) is 8.72. The van der Waals surface area contributed by atoms with Crippen LogP contribution in [0.5, 0.6) is 0 Å². The topological polar surface area (TPSA) is 46.5 Å². The number of aliphatic hydroxyl groups excluding tert-OH is 1. The molecule has 0 aromatic carbocycles. The Kier molecular flexibility index (Phi) is 1.83. The molecule has 2 aliphatic rings. The van der Waals surface area contributed by atoms with Crippen molar-refractivity contribution in [3.63, 3.8) is 0 Å². The molecule has 1 unspecified atom stereocenters. The first-order chi connectivity index (χ1) is 5.68. The van der Waals surface area contributed by atoms with Gasteiger partial charge in [-0.2, -0.15) is 0 Å². The van der Waals surface area contributed by atoms with Gasteiger partial charge in [-0.15, -0.1) is 0 Å². The first kappa shape index (κ1) is 8.05. The second-order valence-corrected chi connectivity index (χ2v) is 3.88. The lowest BCUT2D eigenvalue weighted by atomic mass is 9.98. The Labute approximate surface area is 71.7 Å². The molecule has 2 aliphatic carbocycles. The molecule has 3 nitrogen and oxygen atoms in total. The molecule has 4 atom stereocenters. The van der Waals surface area contributed by atoms with Gasteiger partial charge in [0, 0.05) is 12.8 Å². The summed E-state index contributed by atoms with van der Waals surface area (Å²) in [6.45, 7) is 1.43. The van der Waals surface area contributed by atoms with Crippen molar-refractivity contribution in [3.8, 4) is 0 Å². The number of esters is 1. The van der Waals surface area contributed by atoms with Gasteiger partial charge in [0.1, 0.15) is 6.10 Å². The lowest BCUT2D eigenvalue weighted by molar-refractivity contribution is -0.149. The second kappa shape index (κ2) is 2.73. The number of carbonyl (C=O) groups excluding carboxylic acids is 1. The van der Waals surface area contributed by atoms with Crippen LogP contribution >= 0.6 is 0 Å². The summed E-state index contributed by atoms with van der Waals surface area (Å²) >= 11 is 0. The average Bonchev–Trinajstić information content (AvgIpc) is 2.44. The second-order valence-electron chi connectivity index (χ2n) is 3.88. The van der Waals surface area contributed by atoms with Crippen molar-refractivity contribution in [1.82, 2.24) is 0 Å². The van der Waals surface area contributed by atoms with E-state index in [0.717, 1.165) is 19.3 Å². The van der Waals surface area contributed by atoms with Crippen molar-refractivity contribution in [2.75, 3.05) is 0 Å². The molecule has 0 aromatic rings. The third kappa shape index (κ3) is 1.12. The zero-order valence-electron chi connectivity index (χ0n) is 7.19. The van der Waals surface area contributed by atoms with Gasteiger partial charge in [0.15, 0.2) is 0 Å². The van der Waals surface area contributed by atoms with Crippen molar-refractivity contribution in [3.05, 3.63) is 0 Å². The predicted molar refractivity (Wildman–Crippen MR) is 42.4 cm³/mol. The number of aliphatic hydroxyl groups is 1. The highest BCUT2D eigenvalue weighted by Gasteiger charge is 2.48. The fourth-order valence-corrected chi connectivity index (χ4v) is 2.58. The van der Waals surface area contributed by atoms with Gasteiger partial charge in [-0.1, -0.05) is 0 Å². The predicted octanol–water partition coefficient (Wildman–Crippen LogP) is 0.709. The van der Waals surface area contributed by atoms with Gasteiger partial charge in [0.05, 0.1) is 6.10 Å². The molecule has 1 N–H and O–H groups in total. The minimum absolute atomic E-state index is 0.00347. The van der Waals surface area contributed by atoms with Crippen molar-refractivity contribution < 1.29 is 14.6 Å². The van der Waals surface area contributed by atoms with E-state index in [9.17, 15) is 9.90 Å². The van der Waals surface area contributed by atoms with E-state index in [2.05, 4.69) is 0 Å². The third-order valence-corrected chi connectivity index (χ3v) is 3.12. The van der Waals surface area contributed by atoms with E-state index in [4.69, 9.17) is 4.74 Å². The van der Waals surface area contributed by atoms with Crippen LogP contribution in [-0.4, -0.2) is 23.3 Å². The van der Waals surface area contributed by atoms with Crippen molar-refractivity contribution >= 4 is 5.97 Å². The molecule has 0 aromatic heterocycles. The quantitative estimate of drug-likeness (QED) is 0.589. The number of carbonyl (C=O) groups is 1. The highest BCUT2D eigenvalue weighted by atomic mass is 16.5. The highest BCUT2D eigenvalue weighted by Crippen LogP contribution is 2.46. The molecule has 2 rings (SSSR count). The number of hydrogen-bond donors (Lipinski definition) is 1. The van der Waals surface area contributed by atoms with E-state index in [1.54, 1.807) is 0 Å². The molecule has 0 heterocycles. The van der Waals surface area contributed by atoms with Crippen LogP contribution in [0.4, 0.5) is 0 Å². The maximum atomic E-state index is 10.7. The smallest absolute Gasteiger partial charge is 0.302 e. The molecule has 2 saturated carbocycles. The summed E-state index contributed by atoms with van der Waals surface area (Å²) in [5.41, 5.74) is 0. The highest BCUT2D eigenvalue weighted by molar-refractivity contribution is 5.66. The van der Waals surface area contributed by atoms with Crippen LogP contribution < -0.4 is 0 Å². The van der Waals surface area contributed by atoms with Gasteiger partial charge in [-0.3, -0.25) is 4.79 Å². The summed E-state index contributed by atoms with van der Waals surface area (Å²) in [7, 11) is 0. The van der Waals surface area contributed by atoms with E-state index >= 15 is 0 Å². The fraction of sp³-hybridized carbons (Fsp3) is 0.889. The molecule has 0 amide bonds. The summed E-state index contributed by atoms with van der Waals surface area (Å²) in [6.07, 6.45) is 2.77. The monoisotopic (exact) mass is 170 g/mol. The lowest BCUT2D eigenvalue weighted by Gasteiger charge is -2.20. The largest absolute Gasteiger partial charge is 0.462 e. The standard InChI is InChI=1S/C9H14O3/c1-5(10)12-8-4-6-2-3-7(8)9(6)11/h6-9,11H,2-4H2,1H3/t6-,7-,8+,9?/m1/s1. The molecular formula is C9H14O3. The molecule has 0 radical (unpaired) electrons. The Morgan fingerprint density at radius 1 is 1.50 bits per heavy atom. The van der Waals surface area contributed by atoms with Crippen LogP contribution in [-0.2, 0) is 9.53 Å². The van der Waals surface area contributed by atoms with Crippen molar-refractivity contribution in [2.24, 2.45) is 11.8 Å². The van der Waals surface area contributed by atoms with Gasteiger partial charge in [-0.05, 0) is 25.2 Å². The molecule has 2 bridgehead atoms. The summed E-state index contributed by atoms with van der Waals surface area (Å²) in [4.78, 5) is 10.7. The van der Waals surface area contributed by atoms with Gasteiger partial charge in [0.2, 0.25) is 0 Å². The van der Waals surface area contributed by atoms with Crippen molar-refractivity contribution in [1.29, 1.82) is 0 Å². The van der Waals surface area contributed by atoms with Crippen LogP contribution in [0.1, 0.15) is 26.2 Å². The number of rotatable bonds is 1. The third-order valence-electron chi connectivity index (χ3n) is 3.12. The zero-order valence-corrected chi connectivity index (χ0v) is 7.19. The Balaban J connectivity index is 1.99. The van der Waals surface area contributed by atoms with E-state index in [1.807, 2.05) is 0 Å². The molecule has 2 fully saturated rings. The first-order valence-corrected chi connectivity index (χ1v) is 4.54. The van der Waals surface area contributed by atoms with E-state index in [-0.39, 0.29) is 24.1 Å². The van der Waals surface area contributed by atoms with Gasteiger partial charge >= 0.3 is 5.97 Å². The van der Waals surface area contributed by atoms with Crippen molar-refractivity contribution in [2.45, 2.75) is 38.4 Å². The molecule has 0 spiro atoms. The van der Waals surface area contributed by atoms with Gasteiger partial charge in [-0.25, -0.2) is 0 Å². The number of fused-ring (bicyclic) bond motifs is 2. The SMILES string of the molecule is CC(=O)O[C@H]1C[C@H]2CC[C@H]1C2O. The average molecular weight is 170 g/mol. The maximum Gasteiger partial charge on any atom is 0.302 e. The number of ether oxygens (including phenoxy) is 1.